The van der Waals surface area contributed by atoms with Gasteiger partial charge in [-0.2, -0.15) is 4.39 Å². The van der Waals surface area contributed by atoms with E-state index in [1.165, 1.54) is 25.0 Å². The molecule has 104 valence electrons. The van der Waals surface area contributed by atoms with Crippen molar-refractivity contribution < 1.29 is 13.5 Å². The van der Waals surface area contributed by atoms with Crippen LogP contribution in [0.15, 0.2) is 36.5 Å². The molecule has 20 heavy (non-hydrogen) atoms. The molecule has 1 fully saturated rings. The Bertz CT molecular complexity index is 615. The third-order valence-corrected chi connectivity index (χ3v) is 3.08. The molecule has 0 amide bonds. The van der Waals surface area contributed by atoms with E-state index in [0.717, 1.165) is 11.8 Å². The lowest BCUT2D eigenvalue weighted by molar-refractivity contribution is 0.415. The van der Waals surface area contributed by atoms with Crippen molar-refractivity contribution in [2.24, 2.45) is 0 Å². The summed E-state index contributed by atoms with van der Waals surface area (Å²) >= 11 is 0. The summed E-state index contributed by atoms with van der Waals surface area (Å²) in [5.74, 6) is -1.59. The van der Waals surface area contributed by atoms with Crippen molar-refractivity contribution in [1.82, 2.24) is 10.3 Å². The average Bonchev–Trinajstić information content (AvgIpc) is 3.26. The summed E-state index contributed by atoms with van der Waals surface area (Å²) in [5, 5.41) is 3.33. The van der Waals surface area contributed by atoms with Gasteiger partial charge < -0.3 is 10.1 Å². The van der Waals surface area contributed by atoms with Crippen LogP contribution in [0.2, 0.25) is 0 Å². The first-order valence-corrected chi connectivity index (χ1v) is 6.52. The maximum Gasteiger partial charge on any atom is 0.201 e. The summed E-state index contributed by atoms with van der Waals surface area (Å²) in [7, 11) is 0. The fraction of sp³-hybridized carbons (Fsp3) is 0.267. The molecule has 0 spiro atoms. The number of pyridine rings is 1. The van der Waals surface area contributed by atoms with E-state index < -0.39 is 11.6 Å². The molecular formula is C15H14F2N2O. The van der Waals surface area contributed by atoms with Gasteiger partial charge in [-0.15, -0.1) is 0 Å². The van der Waals surface area contributed by atoms with Crippen molar-refractivity contribution in [2.45, 2.75) is 25.4 Å². The monoisotopic (exact) mass is 276 g/mol. The number of aromatic nitrogens is 1. The fourth-order valence-electron chi connectivity index (χ4n) is 1.84. The minimum Gasteiger partial charge on any atom is -0.454 e. The first kappa shape index (κ1) is 13.0. The summed E-state index contributed by atoms with van der Waals surface area (Å²) in [6.45, 7) is 0.646. The highest BCUT2D eigenvalue weighted by Gasteiger charge is 2.20. The zero-order valence-electron chi connectivity index (χ0n) is 10.8. The van der Waals surface area contributed by atoms with Gasteiger partial charge in [0.05, 0.1) is 5.69 Å². The summed E-state index contributed by atoms with van der Waals surface area (Å²) in [6, 6.07) is 7.78. The highest BCUT2D eigenvalue weighted by molar-refractivity contribution is 5.32. The molecule has 0 radical (unpaired) electrons. The lowest BCUT2D eigenvalue weighted by atomic mass is 10.3. The van der Waals surface area contributed by atoms with Crippen molar-refractivity contribution in [3.63, 3.8) is 0 Å². The number of nitrogens with zero attached hydrogens (tertiary/aromatic N) is 1. The second kappa shape index (κ2) is 5.54. The Morgan fingerprint density at radius 1 is 1.25 bits per heavy atom. The molecule has 0 aliphatic heterocycles. The maximum atomic E-state index is 13.5. The Balaban J connectivity index is 1.72. The highest BCUT2D eigenvalue weighted by Crippen LogP contribution is 2.26. The molecule has 3 nitrogen and oxygen atoms in total. The van der Waals surface area contributed by atoms with Crippen molar-refractivity contribution in [2.75, 3.05) is 0 Å². The van der Waals surface area contributed by atoms with Crippen LogP contribution in [-0.2, 0) is 6.54 Å². The second-order valence-electron chi connectivity index (χ2n) is 4.79. The Morgan fingerprint density at radius 3 is 2.90 bits per heavy atom. The average molecular weight is 276 g/mol. The molecule has 3 rings (SSSR count). The Hall–Kier alpha value is -2.01. The number of ether oxygens (including phenoxy) is 1. The highest BCUT2D eigenvalue weighted by atomic mass is 19.2. The molecule has 1 N–H and O–H groups in total. The number of hydrogen-bond donors (Lipinski definition) is 1. The first-order chi connectivity index (χ1) is 9.72. The van der Waals surface area contributed by atoms with Crippen LogP contribution < -0.4 is 10.1 Å². The summed E-state index contributed by atoms with van der Waals surface area (Å²) < 4.78 is 32.0. The molecule has 5 heteroatoms. The SMILES string of the molecule is Fc1cccc(Oc2ccnc(CNC3CC3)c2)c1F. The number of hydrogen-bond acceptors (Lipinski definition) is 3. The molecule has 0 atom stereocenters. The molecule has 1 saturated carbocycles. The minimum absolute atomic E-state index is 0.127. The van der Waals surface area contributed by atoms with E-state index in [0.29, 0.717) is 18.3 Å². The quantitative estimate of drug-likeness (QED) is 0.908. The van der Waals surface area contributed by atoms with Gasteiger partial charge in [-0.1, -0.05) is 6.07 Å². The molecule has 0 saturated heterocycles. The summed E-state index contributed by atoms with van der Waals surface area (Å²) in [4.78, 5) is 4.21. The van der Waals surface area contributed by atoms with Gasteiger partial charge in [-0.3, -0.25) is 4.98 Å². The van der Waals surface area contributed by atoms with E-state index >= 15 is 0 Å². The van der Waals surface area contributed by atoms with Crippen LogP contribution in [0.25, 0.3) is 0 Å². The molecular weight excluding hydrogens is 262 g/mol. The summed E-state index contributed by atoms with van der Waals surface area (Å²) in [6.07, 6.45) is 3.99. The maximum absolute atomic E-state index is 13.5. The Kier molecular flexibility index (Phi) is 3.60. The normalized spacial score (nSPS) is 14.3. The van der Waals surface area contributed by atoms with E-state index in [9.17, 15) is 8.78 Å². The largest absolute Gasteiger partial charge is 0.454 e. The predicted octanol–water partition coefficient (Wildman–Crippen LogP) is 3.40. The second-order valence-corrected chi connectivity index (χ2v) is 4.79. The zero-order valence-corrected chi connectivity index (χ0v) is 10.8. The smallest absolute Gasteiger partial charge is 0.201 e. The third-order valence-electron chi connectivity index (χ3n) is 3.08. The lowest BCUT2D eigenvalue weighted by Crippen LogP contribution is -2.16. The third kappa shape index (κ3) is 3.11. The van der Waals surface area contributed by atoms with Gasteiger partial charge in [0.15, 0.2) is 11.6 Å². The van der Waals surface area contributed by atoms with Crippen LogP contribution >= 0.6 is 0 Å². The van der Waals surface area contributed by atoms with Crippen molar-refractivity contribution in [1.29, 1.82) is 0 Å². The van der Waals surface area contributed by atoms with Gasteiger partial charge >= 0.3 is 0 Å². The lowest BCUT2D eigenvalue weighted by Gasteiger charge is -2.08. The van der Waals surface area contributed by atoms with Gasteiger partial charge in [0.1, 0.15) is 5.75 Å². The number of rotatable bonds is 5. The van der Waals surface area contributed by atoms with Crippen LogP contribution in [-0.4, -0.2) is 11.0 Å². The van der Waals surface area contributed by atoms with Crippen LogP contribution in [0, 0.1) is 11.6 Å². The fourth-order valence-corrected chi connectivity index (χ4v) is 1.84. The molecule has 1 aliphatic rings. The minimum atomic E-state index is -0.984. The van der Waals surface area contributed by atoms with Crippen LogP contribution in [0.4, 0.5) is 8.78 Å². The van der Waals surface area contributed by atoms with E-state index in [1.807, 2.05) is 0 Å². The molecule has 2 aromatic rings. The summed E-state index contributed by atoms with van der Waals surface area (Å²) in [5.41, 5.74) is 0.811. The van der Waals surface area contributed by atoms with Crippen molar-refractivity contribution >= 4 is 0 Å². The van der Waals surface area contributed by atoms with Crippen molar-refractivity contribution in [3.8, 4) is 11.5 Å². The molecule has 1 heterocycles. The van der Waals surface area contributed by atoms with Gasteiger partial charge in [-0.25, -0.2) is 4.39 Å². The van der Waals surface area contributed by atoms with Gasteiger partial charge in [0.25, 0.3) is 0 Å². The molecule has 0 unspecified atom stereocenters. The van der Waals surface area contributed by atoms with E-state index in [2.05, 4.69) is 10.3 Å². The number of halogens is 2. The van der Waals surface area contributed by atoms with Crippen LogP contribution in [0.3, 0.4) is 0 Å². The van der Waals surface area contributed by atoms with Crippen LogP contribution in [0.5, 0.6) is 11.5 Å². The van der Waals surface area contributed by atoms with Crippen LogP contribution in [0.1, 0.15) is 18.5 Å². The first-order valence-electron chi connectivity index (χ1n) is 6.52. The molecule has 1 aromatic heterocycles. The predicted molar refractivity (Wildman–Crippen MR) is 70.5 cm³/mol. The number of benzene rings is 1. The van der Waals surface area contributed by atoms with E-state index in [4.69, 9.17) is 4.74 Å². The standard InChI is InChI=1S/C15H14F2N2O/c16-13-2-1-3-14(15(13)17)20-12-6-7-18-11(8-12)9-19-10-4-5-10/h1-3,6-8,10,19H,4-5,9H2. The Morgan fingerprint density at radius 2 is 2.10 bits per heavy atom. The number of nitrogens with one attached hydrogen (secondary N) is 1. The van der Waals surface area contributed by atoms with E-state index in [1.54, 1.807) is 18.3 Å². The molecule has 1 aliphatic carbocycles. The van der Waals surface area contributed by atoms with Gasteiger partial charge in [0.2, 0.25) is 5.82 Å². The zero-order chi connectivity index (χ0) is 13.9. The Labute approximate surface area is 115 Å². The van der Waals surface area contributed by atoms with E-state index in [-0.39, 0.29) is 5.75 Å². The molecule has 0 bridgehead atoms. The topological polar surface area (TPSA) is 34.1 Å². The van der Waals surface area contributed by atoms with Crippen molar-refractivity contribution in [3.05, 3.63) is 53.9 Å². The van der Waals surface area contributed by atoms with Gasteiger partial charge in [0, 0.05) is 24.8 Å². The van der Waals surface area contributed by atoms with Gasteiger partial charge in [-0.05, 0) is 31.0 Å². The molecule has 1 aromatic carbocycles.